The average Bonchev–Trinajstić information content (AvgIpc) is 3.08. The SMILES string of the molecule is O=C1C=C2CCN3Cc4cc5c(cc4[C@H]([C@@H]1O)[C@@H]23)OCO5.[Y]. The molecule has 4 aliphatic rings. The molecule has 3 heterocycles. The molecule has 6 heteroatoms. The van der Waals surface area contributed by atoms with Gasteiger partial charge in [0, 0.05) is 57.8 Å². The van der Waals surface area contributed by atoms with Crippen LogP contribution in [0.3, 0.4) is 0 Å². The summed E-state index contributed by atoms with van der Waals surface area (Å²) in [6.07, 6.45) is 1.61. The van der Waals surface area contributed by atoms with Crippen LogP contribution in [0.4, 0.5) is 0 Å². The first kappa shape index (κ1) is 14.8. The molecule has 3 aliphatic heterocycles. The van der Waals surface area contributed by atoms with Crippen molar-refractivity contribution in [1.82, 2.24) is 4.90 Å². The zero-order valence-electron chi connectivity index (χ0n) is 12.0. The van der Waals surface area contributed by atoms with Gasteiger partial charge in [-0.15, -0.1) is 0 Å². The Kier molecular flexibility index (Phi) is 3.46. The number of rotatable bonds is 0. The maximum atomic E-state index is 12.1. The Morgan fingerprint density at radius 2 is 2.00 bits per heavy atom. The van der Waals surface area contributed by atoms with Crippen LogP contribution < -0.4 is 9.47 Å². The minimum atomic E-state index is -0.959. The van der Waals surface area contributed by atoms with E-state index in [4.69, 9.17) is 9.47 Å². The second-order valence-electron chi connectivity index (χ2n) is 6.16. The summed E-state index contributed by atoms with van der Waals surface area (Å²) in [7, 11) is 0. The van der Waals surface area contributed by atoms with Crippen molar-refractivity contribution in [2.75, 3.05) is 13.3 Å². The Morgan fingerprint density at radius 1 is 1.23 bits per heavy atom. The molecule has 1 aromatic rings. The fourth-order valence-electron chi connectivity index (χ4n) is 4.21. The topological polar surface area (TPSA) is 59.0 Å². The van der Waals surface area contributed by atoms with Crippen LogP contribution in [-0.4, -0.2) is 41.3 Å². The predicted molar refractivity (Wildman–Crippen MR) is 73.2 cm³/mol. The summed E-state index contributed by atoms with van der Waals surface area (Å²) in [6.45, 7) is 2.02. The number of hydrogen-bond donors (Lipinski definition) is 1. The van der Waals surface area contributed by atoms with Crippen LogP contribution in [0.15, 0.2) is 23.8 Å². The van der Waals surface area contributed by atoms with E-state index in [1.165, 1.54) is 5.57 Å². The molecule has 0 saturated carbocycles. The molecule has 5 nitrogen and oxygen atoms in total. The fourth-order valence-corrected chi connectivity index (χ4v) is 4.21. The van der Waals surface area contributed by atoms with E-state index in [2.05, 4.69) is 4.90 Å². The van der Waals surface area contributed by atoms with E-state index in [0.717, 1.165) is 42.1 Å². The second kappa shape index (κ2) is 5.13. The quantitative estimate of drug-likeness (QED) is 0.733. The van der Waals surface area contributed by atoms with Gasteiger partial charge >= 0.3 is 0 Å². The van der Waals surface area contributed by atoms with Crippen molar-refractivity contribution in [3.8, 4) is 11.5 Å². The number of aliphatic hydroxyl groups is 1. The third-order valence-electron chi connectivity index (χ3n) is 5.13. The number of carbonyl (C=O) groups is 1. The Balaban J connectivity index is 0.00000125. The normalized spacial score (nSPS) is 31.2. The number of benzene rings is 1. The molecule has 111 valence electrons. The number of ketones is 1. The van der Waals surface area contributed by atoms with E-state index >= 15 is 0 Å². The number of carbonyl (C=O) groups excluding carboxylic acids is 1. The van der Waals surface area contributed by atoms with Crippen molar-refractivity contribution in [1.29, 1.82) is 0 Å². The molecule has 1 saturated heterocycles. The van der Waals surface area contributed by atoms with Gasteiger partial charge in [-0.2, -0.15) is 0 Å². The first-order valence-electron chi connectivity index (χ1n) is 7.31. The molecular weight excluding hydrogens is 359 g/mol. The molecule has 1 fully saturated rings. The van der Waals surface area contributed by atoms with Crippen LogP contribution in [0.25, 0.3) is 0 Å². The molecule has 0 amide bonds. The maximum absolute atomic E-state index is 12.1. The summed E-state index contributed by atoms with van der Waals surface area (Å²) < 4.78 is 10.9. The summed E-state index contributed by atoms with van der Waals surface area (Å²) in [5.41, 5.74) is 3.34. The van der Waals surface area contributed by atoms with E-state index < -0.39 is 6.10 Å². The molecule has 0 aromatic heterocycles. The van der Waals surface area contributed by atoms with Crippen molar-refractivity contribution in [2.24, 2.45) is 0 Å². The molecule has 0 bridgehead atoms. The van der Waals surface area contributed by atoms with Gasteiger partial charge in [0.25, 0.3) is 0 Å². The van der Waals surface area contributed by atoms with E-state index in [-0.39, 0.29) is 57.2 Å². The van der Waals surface area contributed by atoms with Gasteiger partial charge in [0.2, 0.25) is 6.79 Å². The first-order chi connectivity index (χ1) is 10.2. The third kappa shape index (κ3) is 1.89. The van der Waals surface area contributed by atoms with Crippen molar-refractivity contribution < 1.29 is 52.1 Å². The van der Waals surface area contributed by atoms with Crippen molar-refractivity contribution in [3.05, 3.63) is 34.9 Å². The largest absolute Gasteiger partial charge is 0.454 e. The molecule has 1 radical (unpaired) electrons. The molecule has 22 heavy (non-hydrogen) atoms. The number of ether oxygens (including phenoxy) is 2. The van der Waals surface area contributed by atoms with Gasteiger partial charge in [-0.25, -0.2) is 0 Å². The monoisotopic (exact) mass is 374 g/mol. The summed E-state index contributed by atoms with van der Waals surface area (Å²) in [4.78, 5) is 14.4. The zero-order chi connectivity index (χ0) is 14.1. The Hall–Kier alpha value is -0.746. The maximum Gasteiger partial charge on any atom is 0.231 e. The van der Waals surface area contributed by atoms with Crippen LogP contribution in [0, 0.1) is 0 Å². The van der Waals surface area contributed by atoms with Crippen LogP contribution in [-0.2, 0) is 44.0 Å². The Morgan fingerprint density at radius 3 is 2.82 bits per heavy atom. The number of hydrogen-bond acceptors (Lipinski definition) is 5. The smallest absolute Gasteiger partial charge is 0.231 e. The van der Waals surface area contributed by atoms with E-state index in [0.29, 0.717) is 0 Å². The summed E-state index contributed by atoms with van der Waals surface area (Å²) >= 11 is 0. The van der Waals surface area contributed by atoms with Crippen LogP contribution in [0.2, 0.25) is 0 Å². The molecule has 0 unspecified atom stereocenters. The van der Waals surface area contributed by atoms with Gasteiger partial charge in [0.15, 0.2) is 17.3 Å². The average molecular weight is 374 g/mol. The van der Waals surface area contributed by atoms with E-state index in [1.54, 1.807) is 6.08 Å². The van der Waals surface area contributed by atoms with Gasteiger partial charge in [-0.1, -0.05) is 0 Å². The van der Waals surface area contributed by atoms with Crippen LogP contribution in [0.5, 0.6) is 11.5 Å². The molecule has 3 atom stereocenters. The number of aliphatic hydroxyl groups excluding tert-OH is 1. The second-order valence-corrected chi connectivity index (χ2v) is 6.16. The molecule has 1 aliphatic carbocycles. The molecule has 1 N–H and O–H groups in total. The van der Waals surface area contributed by atoms with Gasteiger partial charge in [-0.3, -0.25) is 9.69 Å². The standard InChI is InChI=1S/C16H15NO4.Y/c18-11-3-8-1-2-17-6-9-4-12-13(21-7-20-12)5-10(9)14(15(8)17)16(11)19;/h3-5,14-16,19H,1-2,6-7H2;/t14-,15+,16+;/m0./s1. The molecule has 1 aromatic carbocycles. The molecule has 0 spiro atoms. The third-order valence-corrected chi connectivity index (χ3v) is 5.13. The number of fused-ring (bicyclic) bond motifs is 3. The van der Waals surface area contributed by atoms with Crippen molar-refractivity contribution in [3.63, 3.8) is 0 Å². The van der Waals surface area contributed by atoms with Crippen molar-refractivity contribution >= 4 is 5.78 Å². The Bertz CT molecular complexity index is 702. The van der Waals surface area contributed by atoms with Gasteiger partial charge in [0.1, 0.15) is 6.10 Å². The predicted octanol–water partition coefficient (Wildman–Crippen LogP) is 0.954. The van der Waals surface area contributed by atoms with E-state index in [9.17, 15) is 9.90 Å². The minimum absolute atomic E-state index is 0. The number of nitrogens with zero attached hydrogens (tertiary/aromatic N) is 1. The van der Waals surface area contributed by atoms with Crippen molar-refractivity contribution in [2.45, 2.75) is 31.0 Å². The summed E-state index contributed by atoms with van der Waals surface area (Å²) in [5, 5.41) is 10.4. The Labute approximate surface area is 153 Å². The van der Waals surface area contributed by atoms with Crippen LogP contribution in [0.1, 0.15) is 23.5 Å². The van der Waals surface area contributed by atoms with Gasteiger partial charge < -0.3 is 14.6 Å². The first-order valence-corrected chi connectivity index (χ1v) is 7.31. The zero-order valence-corrected chi connectivity index (χ0v) is 14.8. The van der Waals surface area contributed by atoms with Crippen LogP contribution >= 0.6 is 0 Å². The minimum Gasteiger partial charge on any atom is -0.454 e. The fraction of sp³-hybridized carbons (Fsp3) is 0.438. The van der Waals surface area contributed by atoms with Gasteiger partial charge in [0.05, 0.1) is 0 Å². The molecule has 5 rings (SSSR count). The molecular formula is C16H15NO4Y. The van der Waals surface area contributed by atoms with E-state index in [1.807, 2.05) is 12.1 Å². The summed E-state index contributed by atoms with van der Waals surface area (Å²) in [6, 6.07) is 4.12. The van der Waals surface area contributed by atoms with Gasteiger partial charge in [-0.05, 0) is 41.3 Å². The summed E-state index contributed by atoms with van der Waals surface area (Å²) in [5.74, 6) is 1.13.